The molecule has 148 valence electrons. The molecule has 3 aromatic rings. The fourth-order valence-corrected chi connectivity index (χ4v) is 2.79. The largest absolute Gasteiger partial charge is 0.347 e. The monoisotopic (exact) mass is 392 g/mol. The summed E-state index contributed by atoms with van der Waals surface area (Å²) in [7, 11) is 1.61. The summed E-state index contributed by atoms with van der Waals surface area (Å²) in [6.07, 6.45) is 5.14. The third kappa shape index (κ3) is 4.82. The number of amides is 2. The first kappa shape index (κ1) is 20.1. The van der Waals surface area contributed by atoms with Crippen molar-refractivity contribution in [1.82, 2.24) is 15.3 Å². The maximum atomic E-state index is 14.6. The Morgan fingerprint density at radius 1 is 1.14 bits per heavy atom. The van der Waals surface area contributed by atoms with E-state index < -0.39 is 5.82 Å². The smallest absolute Gasteiger partial charge is 0.270 e. The van der Waals surface area contributed by atoms with Crippen molar-refractivity contribution in [1.29, 1.82) is 0 Å². The second-order valence-corrected chi connectivity index (χ2v) is 6.45. The molecule has 0 aliphatic heterocycles. The van der Waals surface area contributed by atoms with Crippen LogP contribution in [0.5, 0.6) is 0 Å². The second-order valence-electron chi connectivity index (χ2n) is 6.45. The number of carbonyl (C=O) groups excluding carboxylic acids is 2. The minimum absolute atomic E-state index is 0.0968. The molecule has 0 radical (unpaired) electrons. The van der Waals surface area contributed by atoms with Crippen LogP contribution < -0.4 is 10.2 Å². The van der Waals surface area contributed by atoms with Gasteiger partial charge >= 0.3 is 0 Å². The van der Waals surface area contributed by atoms with Crippen molar-refractivity contribution in [2.24, 2.45) is 0 Å². The minimum atomic E-state index is -0.464. The van der Waals surface area contributed by atoms with E-state index in [9.17, 15) is 14.0 Å². The molecule has 7 heteroatoms. The fourth-order valence-electron chi connectivity index (χ4n) is 2.79. The number of halogens is 1. The van der Waals surface area contributed by atoms with Crippen LogP contribution in [0.2, 0.25) is 0 Å². The lowest BCUT2D eigenvalue weighted by atomic mass is 10.1. The molecule has 0 fully saturated rings. The highest BCUT2D eigenvalue weighted by Crippen LogP contribution is 2.26. The SMILES string of the molecule is CCC(=O)N(C)c1ccc(-c2ccc(C(=O)NCc3cccnc3)nc2)c(F)c1. The Bertz CT molecular complexity index is 1010. The zero-order chi connectivity index (χ0) is 20.8. The average molecular weight is 392 g/mol. The van der Waals surface area contributed by atoms with Crippen molar-refractivity contribution in [2.45, 2.75) is 19.9 Å². The van der Waals surface area contributed by atoms with Gasteiger partial charge in [0.1, 0.15) is 11.5 Å². The predicted octanol–water partition coefficient (Wildman–Crippen LogP) is 3.59. The van der Waals surface area contributed by atoms with Crippen LogP contribution in [0.25, 0.3) is 11.1 Å². The molecule has 29 heavy (non-hydrogen) atoms. The normalized spacial score (nSPS) is 10.4. The number of hydrogen-bond donors (Lipinski definition) is 1. The lowest BCUT2D eigenvalue weighted by Crippen LogP contribution is -2.25. The van der Waals surface area contributed by atoms with Gasteiger partial charge in [-0.15, -0.1) is 0 Å². The first-order valence-corrected chi connectivity index (χ1v) is 9.19. The summed E-state index contributed by atoms with van der Waals surface area (Å²) in [4.78, 5) is 33.6. The highest BCUT2D eigenvalue weighted by atomic mass is 19.1. The van der Waals surface area contributed by atoms with Crippen LogP contribution in [0.1, 0.15) is 29.4 Å². The molecular formula is C22H21FN4O2. The highest BCUT2D eigenvalue weighted by Gasteiger charge is 2.13. The number of pyridine rings is 2. The van der Waals surface area contributed by atoms with E-state index in [-0.39, 0.29) is 17.5 Å². The van der Waals surface area contributed by atoms with Gasteiger partial charge < -0.3 is 10.2 Å². The first-order chi connectivity index (χ1) is 14.0. The molecule has 1 N–H and O–H groups in total. The highest BCUT2D eigenvalue weighted by molar-refractivity contribution is 5.93. The number of aromatic nitrogens is 2. The van der Waals surface area contributed by atoms with Gasteiger partial charge in [-0.2, -0.15) is 0 Å². The van der Waals surface area contributed by atoms with Gasteiger partial charge in [0.2, 0.25) is 5.91 Å². The van der Waals surface area contributed by atoms with Crippen LogP contribution in [0.3, 0.4) is 0 Å². The zero-order valence-electron chi connectivity index (χ0n) is 16.2. The van der Waals surface area contributed by atoms with Crippen LogP contribution in [0, 0.1) is 5.82 Å². The van der Waals surface area contributed by atoms with Crippen LogP contribution >= 0.6 is 0 Å². The Hall–Kier alpha value is -3.61. The lowest BCUT2D eigenvalue weighted by Gasteiger charge is -2.17. The number of nitrogens with zero attached hydrogens (tertiary/aromatic N) is 3. The molecule has 2 amide bonds. The third-order valence-electron chi connectivity index (χ3n) is 4.50. The molecule has 3 rings (SSSR count). The summed E-state index contributed by atoms with van der Waals surface area (Å²) in [6, 6.07) is 11.5. The molecular weight excluding hydrogens is 371 g/mol. The zero-order valence-corrected chi connectivity index (χ0v) is 16.2. The Balaban J connectivity index is 1.71. The van der Waals surface area contributed by atoms with Crippen molar-refractivity contribution < 1.29 is 14.0 Å². The van der Waals surface area contributed by atoms with E-state index in [1.807, 2.05) is 6.07 Å². The van der Waals surface area contributed by atoms with Crippen molar-refractivity contribution in [3.8, 4) is 11.1 Å². The summed E-state index contributed by atoms with van der Waals surface area (Å²) in [5.41, 5.74) is 2.50. The van der Waals surface area contributed by atoms with Crippen molar-refractivity contribution in [2.75, 3.05) is 11.9 Å². The summed E-state index contributed by atoms with van der Waals surface area (Å²) < 4.78 is 14.6. The van der Waals surface area contributed by atoms with Crippen LogP contribution in [0.4, 0.5) is 10.1 Å². The van der Waals surface area contributed by atoms with E-state index in [4.69, 9.17) is 0 Å². The second kappa shape index (κ2) is 9.05. The van der Waals surface area contributed by atoms with Crippen LogP contribution in [0.15, 0.2) is 61.1 Å². The molecule has 1 aromatic carbocycles. The molecule has 0 aliphatic carbocycles. The molecule has 0 saturated carbocycles. The Morgan fingerprint density at radius 2 is 1.97 bits per heavy atom. The fraction of sp³-hybridized carbons (Fsp3) is 0.182. The van der Waals surface area contributed by atoms with Crippen LogP contribution in [-0.4, -0.2) is 28.8 Å². The van der Waals surface area contributed by atoms with Gasteiger partial charge in [-0.1, -0.05) is 19.1 Å². The van der Waals surface area contributed by atoms with E-state index in [1.54, 1.807) is 56.7 Å². The van der Waals surface area contributed by atoms with Gasteiger partial charge in [0.25, 0.3) is 5.91 Å². The number of hydrogen-bond acceptors (Lipinski definition) is 4. The number of rotatable bonds is 6. The molecule has 2 heterocycles. The van der Waals surface area contributed by atoms with E-state index in [2.05, 4.69) is 15.3 Å². The quantitative estimate of drug-likeness (QED) is 0.696. The number of benzene rings is 1. The van der Waals surface area contributed by atoms with E-state index in [0.29, 0.717) is 29.8 Å². The molecule has 0 saturated heterocycles. The molecule has 0 unspecified atom stereocenters. The first-order valence-electron chi connectivity index (χ1n) is 9.19. The van der Waals surface area contributed by atoms with Crippen molar-refractivity contribution in [3.05, 3.63) is 78.1 Å². The maximum Gasteiger partial charge on any atom is 0.270 e. The average Bonchev–Trinajstić information content (AvgIpc) is 2.77. The van der Waals surface area contributed by atoms with E-state index in [0.717, 1.165) is 5.56 Å². The van der Waals surface area contributed by atoms with Gasteiger partial charge in [0.15, 0.2) is 0 Å². The number of carbonyl (C=O) groups is 2. The molecule has 6 nitrogen and oxygen atoms in total. The van der Waals surface area contributed by atoms with Crippen LogP contribution in [-0.2, 0) is 11.3 Å². The van der Waals surface area contributed by atoms with Gasteiger partial charge in [-0.05, 0) is 35.9 Å². The Morgan fingerprint density at radius 3 is 2.59 bits per heavy atom. The number of nitrogens with one attached hydrogen (secondary N) is 1. The van der Waals surface area contributed by atoms with Gasteiger partial charge in [0, 0.05) is 55.4 Å². The summed E-state index contributed by atoms with van der Waals surface area (Å²) >= 11 is 0. The molecule has 0 atom stereocenters. The lowest BCUT2D eigenvalue weighted by molar-refractivity contribution is -0.118. The van der Waals surface area contributed by atoms with E-state index >= 15 is 0 Å². The predicted molar refractivity (Wildman–Crippen MR) is 109 cm³/mol. The molecule has 2 aromatic heterocycles. The van der Waals surface area contributed by atoms with E-state index in [1.165, 1.54) is 17.2 Å². The molecule has 0 aliphatic rings. The summed E-state index contributed by atoms with van der Waals surface area (Å²) in [6.45, 7) is 2.10. The summed E-state index contributed by atoms with van der Waals surface area (Å²) in [5.74, 6) is -0.884. The van der Waals surface area contributed by atoms with Crippen molar-refractivity contribution >= 4 is 17.5 Å². The summed E-state index contributed by atoms with van der Waals surface area (Å²) in [5, 5.41) is 2.77. The number of anilines is 1. The Labute approximate surface area is 168 Å². The molecule has 0 spiro atoms. The minimum Gasteiger partial charge on any atom is -0.347 e. The standard InChI is InChI=1S/C22H21FN4O2/c1-3-21(28)27(2)17-7-8-18(19(23)11-17)16-6-9-20(25-14-16)22(29)26-13-15-5-4-10-24-12-15/h4-12,14H,3,13H2,1-2H3,(H,26,29). The molecule has 0 bridgehead atoms. The van der Waals surface area contributed by atoms with Gasteiger partial charge in [-0.3, -0.25) is 19.6 Å². The van der Waals surface area contributed by atoms with Gasteiger partial charge in [-0.25, -0.2) is 4.39 Å². The maximum absolute atomic E-state index is 14.6. The Kier molecular flexibility index (Phi) is 6.29. The van der Waals surface area contributed by atoms with Crippen molar-refractivity contribution in [3.63, 3.8) is 0 Å². The topological polar surface area (TPSA) is 75.2 Å². The van der Waals surface area contributed by atoms with Gasteiger partial charge in [0.05, 0.1) is 0 Å². The third-order valence-corrected chi connectivity index (χ3v) is 4.50.